The van der Waals surface area contributed by atoms with E-state index >= 15 is 0 Å². The lowest BCUT2D eigenvalue weighted by Crippen LogP contribution is -2.40. The zero-order valence-electron chi connectivity index (χ0n) is 16.3. The minimum atomic E-state index is -4.28. The van der Waals surface area contributed by atoms with Gasteiger partial charge in [0.25, 0.3) is 0 Å². The number of benzene rings is 2. The Balaban J connectivity index is 2.16. The molecule has 2 aromatic carbocycles. The summed E-state index contributed by atoms with van der Waals surface area (Å²) in [6.45, 7) is -0.0370. The van der Waals surface area contributed by atoms with Crippen molar-refractivity contribution in [3.05, 3.63) is 100 Å². The smallest absolute Gasteiger partial charge is 0.311 e. The van der Waals surface area contributed by atoms with Gasteiger partial charge in [0.15, 0.2) is 0 Å². The molecule has 1 heterocycles. The first-order chi connectivity index (χ1) is 14.7. The number of hydrogen-bond donors (Lipinski definition) is 1. The lowest BCUT2D eigenvalue weighted by atomic mass is 9.72. The first kappa shape index (κ1) is 23.2. The van der Waals surface area contributed by atoms with Gasteiger partial charge < -0.3 is 5.73 Å². The quantitative estimate of drug-likeness (QED) is 0.437. The number of nitrogens with two attached hydrogens (primary N) is 1. The van der Waals surface area contributed by atoms with E-state index in [-0.39, 0.29) is 24.1 Å². The van der Waals surface area contributed by atoms with Gasteiger partial charge in [0.2, 0.25) is 0 Å². The van der Waals surface area contributed by atoms with E-state index in [0.29, 0.717) is 10.7 Å². The highest BCUT2D eigenvalue weighted by atomic mass is 35.5. The summed E-state index contributed by atoms with van der Waals surface area (Å²) in [5, 5.41) is 0.380. The molecule has 8 heteroatoms. The van der Waals surface area contributed by atoms with Gasteiger partial charge in [-0.1, -0.05) is 48.0 Å². The third kappa shape index (κ3) is 5.22. The largest absolute Gasteiger partial charge is 0.329 e. The maximum atomic E-state index is 14.5. The lowest BCUT2D eigenvalue weighted by Gasteiger charge is -2.34. The van der Waals surface area contributed by atoms with Crippen LogP contribution < -0.4 is 5.73 Å². The van der Waals surface area contributed by atoms with Crippen LogP contribution in [0.3, 0.4) is 0 Å². The predicted octanol–water partition coefficient (Wildman–Crippen LogP) is 5.80. The standard InChI is InChI=1S/C23H20ClF5N2/c24-18-6-7-20(31-13-18)22(14-30,11-15-4-2-1-3-5-15)17-8-16(9-19(25)10-17)12-23(28,29)21(26)27/h1-10,13,21H,11-12,14,30H2/t22-/m0/s1. The molecule has 0 aliphatic carbocycles. The minimum Gasteiger partial charge on any atom is -0.329 e. The normalized spacial score (nSPS) is 13.9. The van der Waals surface area contributed by atoms with Crippen molar-refractivity contribution in [3.63, 3.8) is 0 Å². The molecule has 0 unspecified atom stereocenters. The van der Waals surface area contributed by atoms with E-state index < -0.39 is 30.0 Å². The SMILES string of the molecule is NC[C@@](Cc1ccccc1)(c1cc(F)cc(CC(F)(F)C(F)F)c1)c1ccc(Cl)cn1. The Morgan fingerprint density at radius 3 is 2.23 bits per heavy atom. The molecule has 0 fully saturated rings. The van der Waals surface area contributed by atoms with Crippen LogP contribution in [0.25, 0.3) is 0 Å². The topological polar surface area (TPSA) is 38.9 Å². The molecule has 1 atom stereocenters. The van der Waals surface area contributed by atoms with E-state index in [1.54, 1.807) is 12.1 Å². The van der Waals surface area contributed by atoms with Gasteiger partial charge in [-0.2, -0.15) is 8.78 Å². The summed E-state index contributed by atoms with van der Waals surface area (Å²) in [5.74, 6) is -5.11. The van der Waals surface area contributed by atoms with Gasteiger partial charge in [-0.05, 0) is 47.4 Å². The summed E-state index contributed by atoms with van der Waals surface area (Å²) in [6.07, 6.45) is -3.46. The van der Waals surface area contributed by atoms with Gasteiger partial charge in [0.1, 0.15) is 5.82 Å². The van der Waals surface area contributed by atoms with Crippen LogP contribution >= 0.6 is 11.6 Å². The Labute approximate surface area is 181 Å². The number of hydrogen-bond acceptors (Lipinski definition) is 2. The van der Waals surface area contributed by atoms with E-state index in [1.807, 2.05) is 30.3 Å². The second kappa shape index (κ2) is 9.32. The van der Waals surface area contributed by atoms with Crippen molar-refractivity contribution < 1.29 is 22.0 Å². The molecule has 0 aliphatic rings. The zero-order valence-corrected chi connectivity index (χ0v) is 17.1. The molecule has 0 saturated heterocycles. The fourth-order valence-corrected chi connectivity index (χ4v) is 3.73. The Morgan fingerprint density at radius 2 is 1.65 bits per heavy atom. The van der Waals surface area contributed by atoms with Crippen molar-refractivity contribution >= 4 is 11.6 Å². The minimum absolute atomic E-state index is 0.0370. The van der Waals surface area contributed by atoms with E-state index in [2.05, 4.69) is 4.98 Å². The molecule has 0 saturated carbocycles. The molecule has 0 bridgehead atoms. The highest BCUT2D eigenvalue weighted by molar-refractivity contribution is 6.30. The van der Waals surface area contributed by atoms with Gasteiger partial charge in [0.05, 0.1) is 16.1 Å². The first-order valence-electron chi connectivity index (χ1n) is 9.48. The summed E-state index contributed by atoms with van der Waals surface area (Å²) in [4.78, 5) is 4.35. The number of halogens is 6. The van der Waals surface area contributed by atoms with Crippen LogP contribution in [-0.4, -0.2) is 23.9 Å². The highest BCUT2D eigenvalue weighted by Gasteiger charge is 2.41. The van der Waals surface area contributed by atoms with Crippen molar-refractivity contribution in [1.82, 2.24) is 4.98 Å². The second-order valence-corrected chi connectivity index (χ2v) is 7.83. The van der Waals surface area contributed by atoms with Crippen LogP contribution in [0.1, 0.15) is 22.4 Å². The van der Waals surface area contributed by atoms with Crippen LogP contribution in [0.5, 0.6) is 0 Å². The average Bonchev–Trinajstić information content (AvgIpc) is 2.72. The molecule has 3 aromatic rings. The maximum absolute atomic E-state index is 14.5. The van der Waals surface area contributed by atoms with Gasteiger partial charge in [-0.15, -0.1) is 0 Å². The van der Waals surface area contributed by atoms with Gasteiger partial charge in [-0.3, -0.25) is 4.98 Å². The Hall–Kier alpha value is -2.51. The fourth-order valence-electron chi connectivity index (χ4n) is 3.62. The van der Waals surface area contributed by atoms with Crippen molar-refractivity contribution in [2.75, 3.05) is 6.54 Å². The zero-order chi connectivity index (χ0) is 22.6. The van der Waals surface area contributed by atoms with Gasteiger partial charge in [-0.25, -0.2) is 13.2 Å². The molecule has 164 valence electrons. The van der Waals surface area contributed by atoms with Crippen molar-refractivity contribution in [3.8, 4) is 0 Å². The molecule has 2 N–H and O–H groups in total. The Morgan fingerprint density at radius 1 is 0.935 bits per heavy atom. The molecular weight excluding hydrogens is 435 g/mol. The number of rotatable bonds is 8. The van der Waals surface area contributed by atoms with Crippen molar-refractivity contribution in [2.24, 2.45) is 5.73 Å². The summed E-state index contributed by atoms with van der Waals surface area (Å²) in [6, 6.07) is 15.7. The molecule has 3 rings (SSSR count). The summed E-state index contributed by atoms with van der Waals surface area (Å²) < 4.78 is 67.2. The summed E-state index contributed by atoms with van der Waals surface area (Å²) >= 11 is 5.96. The Kier molecular flexibility index (Phi) is 6.96. The molecule has 0 aliphatic heterocycles. The maximum Gasteiger partial charge on any atom is 0.311 e. The monoisotopic (exact) mass is 454 g/mol. The number of aromatic nitrogens is 1. The number of alkyl halides is 4. The van der Waals surface area contributed by atoms with E-state index in [0.717, 1.165) is 11.6 Å². The molecule has 31 heavy (non-hydrogen) atoms. The van der Waals surface area contributed by atoms with Gasteiger partial charge in [0, 0.05) is 19.2 Å². The highest BCUT2D eigenvalue weighted by Crippen LogP contribution is 2.37. The summed E-state index contributed by atoms with van der Waals surface area (Å²) in [7, 11) is 0. The molecular formula is C23H20ClF5N2. The first-order valence-corrected chi connectivity index (χ1v) is 9.86. The lowest BCUT2D eigenvalue weighted by molar-refractivity contribution is -0.127. The number of nitrogens with zero attached hydrogens (tertiary/aromatic N) is 1. The average molecular weight is 455 g/mol. The Bertz CT molecular complexity index is 1010. The second-order valence-electron chi connectivity index (χ2n) is 7.40. The fraction of sp³-hybridized carbons (Fsp3) is 0.261. The van der Waals surface area contributed by atoms with Crippen LogP contribution in [0.15, 0.2) is 66.9 Å². The van der Waals surface area contributed by atoms with Crippen LogP contribution in [0.4, 0.5) is 22.0 Å². The van der Waals surface area contributed by atoms with Crippen LogP contribution in [0.2, 0.25) is 5.02 Å². The molecule has 0 amide bonds. The number of pyridine rings is 1. The van der Waals surface area contributed by atoms with E-state index in [1.165, 1.54) is 18.3 Å². The summed E-state index contributed by atoms with van der Waals surface area (Å²) in [5.41, 5.74) is 6.41. The molecule has 0 spiro atoms. The van der Waals surface area contributed by atoms with Crippen molar-refractivity contribution in [1.29, 1.82) is 0 Å². The van der Waals surface area contributed by atoms with Gasteiger partial charge >= 0.3 is 12.3 Å². The van der Waals surface area contributed by atoms with E-state index in [9.17, 15) is 22.0 Å². The third-order valence-electron chi connectivity index (χ3n) is 5.18. The van der Waals surface area contributed by atoms with Crippen LogP contribution in [0, 0.1) is 5.82 Å². The predicted molar refractivity (Wildman–Crippen MR) is 110 cm³/mol. The molecule has 0 radical (unpaired) electrons. The molecule has 1 aromatic heterocycles. The van der Waals surface area contributed by atoms with E-state index in [4.69, 9.17) is 17.3 Å². The molecule has 2 nitrogen and oxygen atoms in total. The van der Waals surface area contributed by atoms with Crippen molar-refractivity contribution in [2.45, 2.75) is 30.6 Å². The third-order valence-corrected chi connectivity index (χ3v) is 5.41. The van der Waals surface area contributed by atoms with Crippen LogP contribution in [-0.2, 0) is 18.3 Å².